The standard InChI is InChI=1S/C17H19N3O3S2/c1-10(9-21)20-25(22,23)16-5-4-15(24-16)12-6-7-18-17-13(12)8-14(19-17)11-2-3-11/h4-8,10-11,20-21H,2-3,9H2,1H3,(H,18,19). The molecule has 3 heterocycles. The molecular formula is C17H19N3O3S2. The first kappa shape index (κ1) is 16.7. The van der Waals surface area contributed by atoms with E-state index in [9.17, 15) is 8.42 Å². The summed E-state index contributed by atoms with van der Waals surface area (Å²) in [5.74, 6) is 0.602. The van der Waals surface area contributed by atoms with Crippen LogP contribution in [0.25, 0.3) is 21.5 Å². The van der Waals surface area contributed by atoms with Crippen LogP contribution in [0.1, 0.15) is 31.4 Å². The van der Waals surface area contributed by atoms with Crippen molar-refractivity contribution < 1.29 is 13.5 Å². The van der Waals surface area contributed by atoms with Crippen molar-refractivity contribution in [3.05, 3.63) is 36.2 Å². The van der Waals surface area contributed by atoms with Gasteiger partial charge in [-0.3, -0.25) is 0 Å². The summed E-state index contributed by atoms with van der Waals surface area (Å²) in [5.41, 5.74) is 3.02. The molecule has 0 saturated heterocycles. The maximum atomic E-state index is 12.4. The van der Waals surface area contributed by atoms with Crippen LogP contribution in [0.3, 0.4) is 0 Å². The third-order valence-corrected chi connectivity index (χ3v) is 7.51. The van der Waals surface area contributed by atoms with Gasteiger partial charge in [0, 0.05) is 33.8 Å². The Hall–Kier alpha value is -1.74. The number of sulfonamides is 1. The van der Waals surface area contributed by atoms with Crippen molar-refractivity contribution in [1.29, 1.82) is 0 Å². The third-order valence-electron chi connectivity index (χ3n) is 4.31. The molecule has 0 bridgehead atoms. The molecule has 1 fully saturated rings. The number of aliphatic hydroxyl groups is 1. The minimum Gasteiger partial charge on any atom is -0.395 e. The number of aromatic nitrogens is 2. The monoisotopic (exact) mass is 377 g/mol. The minimum absolute atomic E-state index is 0.240. The maximum Gasteiger partial charge on any atom is 0.250 e. The van der Waals surface area contributed by atoms with E-state index in [0.29, 0.717) is 5.92 Å². The van der Waals surface area contributed by atoms with Crippen LogP contribution in [-0.4, -0.2) is 36.1 Å². The van der Waals surface area contributed by atoms with Crippen molar-refractivity contribution in [3.63, 3.8) is 0 Å². The lowest BCUT2D eigenvalue weighted by Gasteiger charge is -2.09. The second-order valence-electron chi connectivity index (χ2n) is 6.44. The molecule has 1 aliphatic carbocycles. The lowest BCUT2D eigenvalue weighted by atomic mass is 10.1. The predicted octanol–water partition coefficient (Wildman–Crippen LogP) is 2.83. The van der Waals surface area contributed by atoms with Gasteiger partial charge in [-0.15, -0.1) is 11.3 Å². The maximum absolute atomic E-state index is 12.4. The van der Waals surface area contributed by atoms with E-state index >= 15 is 0 Å². The number of hydrogen-bond acceptors (Lipinski definition) is 5. The van der Waals surface area contributed by atoms with Crippen LogP contribution in [0.15, 0.2) is 34.7 Å². The molecular weight excluding hydrogens is 358 g/mol. The topological polar surface area (TPSA) is 95.1 Å². The number of nitrogens with one attached hydrogen (secondary N) is 2. The van der Waals surface area contributed by atoms with Gasteiger partial charge in [-0.25, -0.2) is 18.1 Å². The quantitative estimate of drug-likeness (QED) is 0.615. The molecule has 6 nitrogen and oxygen atoms in total. The van der Waals surface area contributed by atoms with Crippen molar-refractivity contribution in [2.24, 2.45) is 0 Å². The summed E-state index contributed by atoms with van der Waals surface area (Å²) in [7, 11) is -3.63. The van der Waals surface area contributed by atoms with E-state index in [1.165, 1.54) is 29.9 Å². The molecule has 4 rings (SSSR count). The molecule has 1 saturated carbocycles. The van der Waals surface area contributed by atoms with E-state index in [0.717, 1.165) is 21.5 Å². The van der Waals surface area contributed by atoms with Crippen molar-refractivity contribution in [2.75, 3.05) is 6.61 Å². The zero-order valence-corrected chi connectivity index (χ0v) is 15.3. The first-order valence-corrected chi connectivity index (χ1v) is 10.5. The Morgan fingerprint density at radius 3 is 2.92 bits per heavy atom. The Bertz CT molecular complexity index is 1020. The minimum atomic E-state index is -3.63. The van der Waals surface area contributed by atoms with Crippen LogP contribution in [0.2, 0.25) is 0 Å². The highest BCUT2D eigenvalue weighted by Gasteiger charge is 2.26. The lowest BCUT2D eigenvalue weighted by Crippen LogP contribution is -2.34. The molecule has 0 aromatic carbocycles. The van der Waals surface area contributed by atoms with Gasteiger partial charge in [0.05, 0.1) is 6.61 Å². The van der Waals surface area contributed by atoms with E-state index in [1.807, 2.05) is 12.1 Å². The second-order valence-corrected chi connectivity index (χ2v) is 9.47. The molecule has 3 aromatic heterocycles. The number of fused-ring (bicyclic) bond motifs is 1. The molecule has 0 aliphatic heterocycles. The fraction of sp³-hybridized carbons (Fsp3) is 0.353. The number of pyridine rings is 1. The van der Waals surface area contributed by atoms with E-state index in [4.69, 9.17) is 5.11 Å². The molecule has 3 aromatic rings. The van der Waals surface area contributed by atoms with Gasteiger partial charge in [-0.1, -0.05) is 0 Å². The number of nitrogens with zero attached hydrogens (tertiary/aromatic N) is 1. The molecule has 8 heteroatoms. The second kappa shape index (κ2) is 6.21. The first-order chi connectivity index (χ1) is 12.0. The molecule has 3 N–H and O–H groups in total. The molecule has 1 atom stereocenters. The van der Waals surface area contributed by atoms with Gasteiger partial charge in [0.15, 0.2) is 0 Å². The number of hydrogen-bond donors (Lipinski definition) is 3. The summed E-state index contributed by atoms with van der Waals surface area (Å²) in [6.45, 7) is 1.38. The Kier molecular flexibility index (Phi) is 4.15. The molecule has 0 amide bonds. The number of H-pyrrole nitrogens is 1. The van der Waals surface area contributed by atoms with Crippen LogP contribution in [0.4, 0.5) is 0 Å². The van der Waals surface area contributed by atoms with Gasteiger partial charge in [-0.2, -0.15) is 0 Å². The summed E-state index contributed by atoms with van der Waals surface area (Å²) < 4.78 is 27.5. The molecule has 0 spiro atoms. The number of thiophene rings is 1. The lowest BCUT2D eigenvalue weighted by molar-refractivity contribution is 0.265. The summed E-state index contributed by atoms with van der Waals surface area (Å²) in [5, 5.41) is 10.1. The van der Waals surface area contributed by atoms with Crippen molar-refractivity contribution in [1.82, 2.24) is 14.7 Å². The SMILES string of the molecule is CC(CO)NS(=O)(=O)c1ccc(-c2ccnc3[nH]c(C4CC4)cc23)s1. The van der Waals surface area contributed by atoms with Gasteiger partial charge in [0.2, 0.25) is 10.0 Å². The van der Waals surface area contributed by atoms with E-state index in [2.05, 4.69) is 20.8 Å². The Labute approximate surface area is 150 Å². The normalized spacial score (nSPS) is 16.4. The molecule has 1 unspecified atom stereocenters. The number of aromatic amines is 1. The summed E-state index contributed by atoms with van der Waals surface area (Å²) in [6.07, 6.45) is 4.15. The van der Waals surface area contributed by atoms with Crippen LogP contribution in [0.5, 0.6) is 0 Å². The van der Waals surface area contributed by atoms with Crippen molar-refractivity contribution >= 4 is 32.4 Å². The molecule has 1 aliphatic rings. The summed E-state index contributed by atoms with van der Waals surface area (Å²) in [4.78, 5) is 8.65. The highest BCUT2D eigenvalue weighted by Crippen LogP contribution is 2.42. The fourth-order valence-corrected chi connectivity index (χ4v) is 5.44. The molecule has 0 radical (unpaired) electrons. The van der Waals surface area contributed by atoms with Crippen LogP contribution >= 0.6 is 11.3 Å². The zero-order chi connectivity index (χ0) is 17.6. The van der Waals surface area contributed by atoms with Gasteiger partial charge < -0.3 is 10.1 Å². The largest absolute Gasteiger partial charge is 0.395 e. The summed E-state index contributed by atoms with van der Waals surface area (Å²) in [6, 6.07) is 6.96. The van der Waals surface area contributed by atoms with Crippen LogP contribution < -0.4 is 4.72 Å². The van der Waals surface area contributed by atoms with E-state index in [1.54, 1.807) is 19.2 Å². The van der Waals surface area contributed by atoms with Crippen LogP contribution in [0, 0.1) is 0 Å². The Morgan fingerprint density at radius 1 is 1.40 bits per heavy atom. The highest BCUT2D eigenvalue weighted by atomic mass is 32.2. The average Bonchev–Trinajstić information content (AvgIpc) is 3.14. The van der Waals surface area contributed by atoms with Crippen molar-refractivity contribution in [2.45, 2.75) is 35.9 Å². The molecule has 25 heavy (non-hydrogen) atoms. The average molecular weight is 377 g/mol. The predicted molar refractivity (Wildman–Crippen MR) is 98.3 cm³/mol. The highest BCUT2D eigenvalue weighted by molar-refractivity contribution is 7.91. The van der Waals surface area contributed by atoms with Crippen molar-refractivity contribution in [3.8, 4) is 10.4 Å². The molecule has 132 valence electrons. The number of rotatable bonds is 6. The van der Waals surface area contributed by atoms with Crippen LogP contribution in [-0.2, 0) is 10.0 Å². The van der Waals surface area contributed by atoms with E-state index in [-0.39, 0.29) is 10.8 Å². The Balaban J connectivity index is 1.71. The van der Waals surface area contributed by atoms with Gasteiger partial charge in [0.25, 0.3) is 0 Å². The van der Waals surface area contributed by atoms with Gasteiger partial charge in [0.1, 0.15) is 9.86 Å². The Morgan fingerprint density at radius 2 is 2.20 bits per heavy atom. The zero-order valence-electron chi connectivity index (χ0n) is 13.7. The summed E-state index contributed by atoms with van der Waals surface area (Å²) >= 11 is 1.22. The van der Waals surface area contributed by atoms with Gasteiger partial charge >= 0.3 is 0 Å². The first-order valence-electron chi connectivity index (χ1n) is 8.19. The van der Waals surface area contributed by atoms with E-state index < -0.39 is 16.1 Å². The smallest absolute Gasteiger partial charge is 0.250 e. The fourth-order valence-electron chi connectivity index (χ4n) is 2.85. The third kappa shape index (κ3) is 3.22. The van der Waals surface area contributed by atoms with Gasteiger partial charge in [-0.05, 0) is 49.9 Å². The number of aliphatic hydroxyl groups excluding tert-OH is 1.